The van der Waals surface area contributed by atoms with Crippen molar-refractivity contribution >= 4 is 11.8 Å². The van der Waals surface area contributed by atoms with Gasteiger partial charge >= 0.3 is 6.09 Å². The molecule has 0 saturated carbocycles. The zero-order valence-electron chi connectivity index (χ0n) is 12.8. The molecule has 0 bridgehead atoms. The molecule has 0 heterocycles. The van der Waals surface area contributed by atoms with Gasteiger partial charge in [-0.3, -0.25) is 5.32 Å². The van der Waals surface area contributed by atoms with E-state index in [-0.39, 0.29) is 0 Å². The zero-order chi connectivity index (χ0) is 15.3. The number of ether oxygens (including phenoxy) is 1. The van der Waals surface area contributed by atoms with Gasteiger partial charge in [-0.25, -0.2) is 4.79 Å². The smallest absolute Gasteiger partial charge is 0.412 e. The molecule has 112 valence electrons. The van der Waals surface area contributed by atoms with Gasteiger partial charge in [0.2, 0.25) is 0 Å². The van der Waals surface area contributed by atoms with E-state index in [1.165, 1.54) is 0 Å². The highest BCUT2D eigenvalue weighted by atomic mass is 16.6. The molecule has 0 aliphatic rings. The fraction of sp³-hybridized carbons (Fsp3) is 0.533. The fourth-order valence-corrected chi connectivity index (χ4v) is 1.76. The van der Waals surface area contributed by atoms with Crippen LogP contribution in [-0.4, -0.2) is 30.4 Å². The Balaban J connectivity index is 2.76. The quantitative estimate of drug-likeness (QED) is 0.793. The van der Waals surface area contributed by atoms with E-state index in [9.17, 15) is 9.90 Å². The monoisotopic (exact) mass is 280 g/mol. The van der Waals surface area contributed by atoms with Crippen molar-refractivity contribution in [2.45, 2.75) is 39.4 Å². The van der Waals surface area contributed by atoms with Crippen molar-refractivity contribution in [3.63, 3.8) is 0 Å². The van der Waals surface area contributed by atoms with E-state index in [2.05, 4.69) is 10.6 Å². The van der Waals surface area contributed by atoms with Crippen LogP contribution in [0.3, 0.4) is 0 Å². The number of carbonyl (C=O) groups excluding carboxylic acids is 1. The van der Waals surface area contributed by atoms with Crippen molar-refractivity contribution in [3.05, 3.63) is 29.3 Å². The number of aliphatic hydroxyl groups is 1. The molecular weight excluding hydrogens is 256 g/mol. The molecule has 1 amide bonds. The summed E-state index contributed by atoms with van der Waals surface area (Å²) in [4.78, 5) is 11.7. The number of likely N-dealkylation sites (N-methyl/N-ethyl adjacent to an activating group) is 1. The summed E-state index contributed by atoms with van der Waals surface area (Å²) in [6, 6.07) is 5.42. The topological polar surface area (TPSA) is 70.6 Å². The predicted octanol–water partition coefficient (Wildman–Crippen LogP) is 2.59. The van der Waals surface area contributed by atoms with Crippen LogP contribution < -0.4 is 10.6 Å². The van der Waals surface area contributed by atoms with Gasteiger partial charge in [0.1, 0.15) is 5.60 Å². The Morgan fingerprint density at radius 1 is 1.40 bits per heavy atom. The van der Waals surface area contributed by atoms with E-state index in [4.69, 9.17) is 4.74 Å². The van der Waals surface area contributed by atoms with Gasteiger partial charge in [-0.15, -0.1) is 0 Å². The highest BCUT2D eigenvalue weighted by molar-refractivity contribution is 5.85. The van der Waals surface area contributed by atoms with Crippen molar-refractivity contribution < 1.29 is 14.6 Å². The van der Waals surface area contributed by atoms with E-state index in [1.807, 2.05) is 33.8 Å². The fourth-order valence-electron chi connectivity index (χ4n) is 1.76. The maximum absolute atomic E-state index is 11.7. The molecule has 1 atom stereocenters. The lowest BCUT2D eigenvalue weighted by Crippen LogP contribution is -2.27. The Hall–Kier alpha value is -1.59. The number of anilines is 1. The van der Waals surface area contributed by atoms with Gasteiger partial charge in [-0.1, -0.05) is 12.1 Å². The lowest BCUT2D eigenvalue weighted by atomic mass is 10.1. The van der Waals surface area contributed by atoms with Gasteiger partial charge in [0.05, 0.1) is 6.10 Å². The lowest BCUT2D eigenvalue weighted by molar-refractivity contribution is 0.0636. The highest BCUT2D eigenvalue weighted by Crippen LogP contribution is 2.21. The molecule has 1 aromatic carbocycles. The number of hydrogen-bond donors (Lipinski definition) is 3. The molecule has 1 aromatic rings. The molecule has 1 unspecified atom stereocenters. The summed E-state index contributed by atoms with van der Waals surface area (Å²) in [6.45, 7) is 7.81. The van der Waals surface area contributed by atoms with Crippen LogP contribution in [0.1, 0.15) is 38.0 Å². The third-order valence-electron chi connectivity index (χ3n) is 2.67. The number of rotatable bonds is 4. The van der Waals surface area contributed by atoms with E-state index in [1.54, 1.807) is 19.2 Å². The van der Waals surface area contributed by atoms with E-state index < -0.39 is 17.8 Å². The summed E-state index contributed by atoms with van der Waals surface area (Å²) in [5.74, 6) is 0. The molecule has 1 rings (SSSR count). The molecular formula is C15H24N2O3. The first-order valence-electron chi connectivity index (χ1n) is 6.66. The second-order valence-corrected chi connectivity index (χ2v) is 5.77. The van der Waals surface area contributed by atoms with E-state index in [0.717, 1.165) is 11.1 Å². The summed E-state index contributed by atoms with van der Waals surface area (Å²) in [5, 5.41) is 15.5. The largest absolute Gasteiger partial charge is 0.444 e. The average Bonchev–Trinajstić information content (AvgIpc) is 2.29. The van der Waals surface area contributed by atoms with Gasteiger partial charge in [0.15, 0.2) is 0 Å². The van der Waals surface area contributed by atoms with Gasteiger partial charge in [0, 0.05) is 12.2 Å². The first kappa shape index (κ1) is 16.5. The molecule has 3 N–H and O–H groups in total. The predicted molar refractivity (Wildman–Crippen MR) is 79.9 cm³/mol. The van der Waals surface area contributed by atoms with E-state index >= 15 is 0 Å². The Morgan fingerprint density at radius 3 is 2.55 bits per heavy atom. The maximum atomic E-state index is 11.7. The Bertz CT molecular complexity index is 467. The van der Waals surface area contributed by atoms with E-state index in [0.29, 0.717) is 12.2 Å². The molecule has 5 heteroatoms. The highest BCUT2D eigenvalue weighted by Gasteiger charge is 2.17. The van der Waals surface area contributed by atoms with Crippen LogP contribution in [-0.2, 0) is 4.74 Å². The second kappa shape index (κ2) is 6.72. The third-order valence-corrected chi connectivity index (χ3v) is 2.67. The number of benzene rings is 1. The minimum absolute atomic E-state index is 0.482. The van der Waals surface area contributed by atoms with Crippen LogP contribution in [0.5, 0.6) is 0 Å². The molecule has 20 heavy (non-hydrogen) atoms. The number of amides is 1. The van der Waals surface area contributed by atoms with Crippen LogP contribution in [0.25, 0.3) is 0 Å². The molecule has 0 aliphatic heterocycles. The Kier molecular flexibility index (Phi) is 5.53. The second-order valence-electron chi connectivity index (χ2n) is 5.77. The molecule has 0 saturated heterocycles. The Labute approximate surface area is 120 Å². The minimum atomic E-state index is -0.561. The summed E-state index contributed by atoms with van der Waals surface area (Å²) < 4.78 is 5.20. The van der Waals surface area contributed by atoms with Crippen molar-refractivity contribution in [2.75, 3.05) is 18.9 Å². The summed E-state index contributed by atoms with van der Waals surface area (Å²) >= 11 is 0. The zero-order valence-corrected chi connectivity index (χ0v) is 12.8. The first-order chi connectivity index (χ1) is 9.23. The van der Waals surface area contributed by atoms with Gasteiger partial charge in [-0.2, -0.15) is 0 Å². The number of carbonyl (C=O) groups is 1. The summed E-state index contributed by atoms with van der Waals surface area (Å²) in [6.07, 6.45) is -1.04. The van der Waals surface area contributed by atoms with Crippen molar-refractivity contribution in [2.24, 2.45) is 0 Å². The number of nitrogens with one attached hydrogen (secondary N) is 2. The van der Waals surface area contributed by atoms with Crippen LogP contribution in [0.4, 0.5) is 10.5 Å². The normalized spacial score (nSPS) is 12.9. The standard InChI is InChI=1S/C15H24N2O3/c1-10-8-11(13(18)9-16-5)6-7-12(10)17-14(19)20-15(2,3)4/h6-8,13,16,18H,9H2,1-5H3,(H,17,19). The maximum Gasteiger partial charge on any atom is 0.412 e. The van der Waals surface area contributed by atoms with Gasteiger partial charge < -0.3 is 15.2 Å². The molecule has 0 fully saturated rings. The first-order valence-corrected chi connectivity index (χ1v) is 6.66. The summed E-state index contributed by atoms with van der Waals surface area (Å²) in [7, 11) is 1.79. The summed E-state index contributed by atoms with van der Waals surface area (Å²) in [5.41, 5.74) is 1.84. The molecule has 0 aromatic heterocycles. The SMILES string of the molecule is CNCC(O)c1ccc(NC(=O)OC(C)(C)C)c(C)c1. The van der Waals surface area contributed by atoms with Gasteiger partial charge in [-0.05, 0) is 51.9 Å². The van der Waals surface area contributed by atoms with Crippen molar-refractivity contribution in [3.8, 4) is 0 Å². The molecule has 0 spiro atoms. The minimum Gasteiger partial charge on any atom is -0.444 e. The van der Waals surface area contributed by atoms with Crippen molar-refractivity contribution in [1.82, 2.24) is 5.32 Å². The van der Waals surface area contributed by atoms with Crippen LogP contribution >= 0.6 is 0 Å². The van der Waals surface area contributed by atoms with Crippen LogP contribution in [0.2, 0.25) is 0 Å². The van der Waals surface area contributed by atoms with Crippen LogP contribution in [0, 0.1) is 6.92 Å². The Morgan fingerprint density at radius 2 is 2.05 bits per heavy atom. The van der Waals surface area contributed by atoms with Gasteiger partial charge in [0.25, 0.3) is 0 Å². The average molecular weight is 280 g/mol. The molecule has 0 radical (unpaired) electrons. The van der Waals surface area contributed by atoms with Crippen LogP contribution in [0.15, 0.2) is 18.2 Å². The third kappa shape index (κ3) is 5.19. The number of aryl methyl sites for hydroxylation is 1. The lowest BCUT2D eigenvalue weighted by Gasteiger charge is -2.20. The molecule has 0 aliphatic carbocycles. The molecule has 5 nitrogen and oxygen atoms in total. The van der Waals surface area contributed by atoms with Crippen molar-refractivity contribution in [1.29, 1.82) is 0 Å². The number of hydrogen-bond acceptors (Lipinski definition) is 4. The number of aliphatic hydroxyl groups excluding tert-OH is 1.